The van der Waals surface area contributed by atoms with Crippen LogP contribution in [0.1, 0.15) is 69.4 Å². The summed E-state index contributed by atoms with van der Waals surface area (Å²) in [6.07, 6.45) is 9.24. The van der Waals surface area contributed by atoms with Crippen LogP contribution in [0.25, 0.3) is 15.6 Å². The smallest absolute Gasteiger partial charge is 0.314 e. The number of benzene rings is 2. The Morgan fingerprint density at radius 3 is 2.19 bits per heavy atom. The second-order valence-electron chi connectivity index (χ2n) is 9.50. The second kappa shape index (κ2) is 9.11. The third kappa shape index (κ3) is 4.17. The van der Waals surface area contributed by atoms with Crippen molar-refractivity contribution in [3.05, 3.63) is 46.8 Å². The van der Waals surface area contributed by atoms with Gasteiger partial charge in [-0.05, 0) is 74.2 Å². The summed E-state index contributed by atoms with van der Waals surface area (Å²) in [5, 5.41) is 11.3. The van der Waals surface area contributed by atoms with Crippen molar-refractivity contribution < 1.29 is 9.53 Å². The van der Waals surface area contributed by atoms with Gasteiger partial charge in [0, 0.05) is 5.39 Å². The molecule has 2 aliphatic carbocycles. The second-order valence-corrected chi connectivity index (χ2v) is 9.50. The van der Waals surface area contributed by atoms with Gasteiger partial charge in [-0.2, -0.15) is 5.26 Å². The Morgan fingerprint density at radius 2 is 1.61 bits per heavy atom. The SMILES string of the molecule is [C-]#[N+]c1c(C#N)c(OC(=O)C2CCC(C3CCC(C)CC3)CC2)c2ccccc2c1C. The largest absolute Gasteiger partial charge is 0.426 e. The highest BCUT2D eigenvalue weighted by atomic mass is 16.5. The summed E-state index contributed by atoms with van der Waals surface area (Å²) < 4.78 is 5.88. The number of aryl methyl sites for hydroxylation is 1. The van der Waals surface area contributed by atoms with Gasteiger partial charge in [0.1, 0.15) is 11.3 Å². The number of rotatable bonds is 3. The van der Waals surface area contributed by atoms with Crippen molar-refractivity contribution in [1.29, 1.82) is 5.26 Å². The van der Waals surface area contributed by atoms with Gasteiger partial charge in [0.2, 0.25) is 5.69 Å². The zero-order chi connectivity index (χ0) is 22.0. The molecule has 4 heteroatoms. The summed E-state index contributed by atoms with van der Waals surface area (Å²) in [6, 6.07) is 9.66. The maximum atomic E-state index is 13.1. The van der Waals surface area contributed by atoms with E-state index in [9.17, 15) is 10.1 Å². The maximum Gasteiger partial charge on any atom is 0.314 e. The molecule has 0 radical (unpaired) electrons. The van der Waals surface area contributed by atoms with Crippen molar-refractivity contribution in [1.82, 2.24) is 0 Å². The maximum absolute atomic E-state index is 13.1. The van der Waals surface area contributed by atoms with E-state index in [1.165, 1.54) is 25.7 Å². The molecule has 31 heavy (non-hydrogen) atoms. The number of fused-ring (bicyclic) bond motifs is 1. The molecule has 0 heterocycles. The van der Waals surface area contributed by atoms with E-state index in [1.54, 1.807) is 0 Å². The van der Waals surface area contributed by atoms with Gasteiger partial charge in [-0.1, -0.05) is 44.0 Å². The third-order valence-corrected chi connectivity index (χ3v) is 7.65. The number of ether oxygens (including phenoxy) is 1. The molecule has 4 rings (SSSR count). The van der Waals surface area contributed by atoms with Crippen LogP contribution in [0.5, 0.6) is 5.75 Å². The van der Waals surface area contributed by atoms with Crippen LogP contribution < -0.4 is 4.74 Å². The molecule has 0 N–H and O–H groups in total. The van der Waals surface area contributed by atoms with Crippen LogP contribution in [0, 0.1) is 48.5 Å². The van der Waals surface area contributed by atoms with Crippen molar-refractivity contribution in [2.75, 3.05) is 0 Å². The number of carbonyl (C=O) groups is 1. The highest BCUT2D eigenvalue weighted by Crippen LogP contribution is 2.43. The lowest BCUT2D eigenvalue weighted by molar-refractivity contribution is -0.140. The fourth-order valence-electron chi connectivity index (χ4n) is 5.68. The molecule has 0 bridgehead atoms. The van der Waals surface area contributed by atoms with E-state index in [1.807, 2.05) is 31.2 Å². The molecule has 0 aliphatic heterocycles. The van der Waals surface area contributed by atoms with Gasteiger partial charge in [0.05, 0.1) is 18.6 Å². The van der Waals surface area contributed by atoms with Crippen LogP contribution >= 0.6 is 0 Å². The predicted octanol–water partition coefficient (Wildman–Crippen LogP) is 7.11. The molecule has 4 nitrogen and oxygen atoms in total. The Balaban J connectivity index is 1.51. The van der Waals surface area contributed by atoms with Crippen molar-refractivity contribution in [3.63, 3.8) is 0 Å². The topological polar surface area (TPSA) is 54.4 Å². The van der Waals surface area contributed by atoms with E-state index >= 15 is 0 Å². The highest BCUT2D eigenvalue weighted by molar-refractivity contribution is 6.00. The normalized spacial score (nSPS) is 26.1. The van der Waals surface area contributed by atoms with Crippen LogP contribution in [-0.2, 0) is 4.79 Å². The summed E-state index contributed by atoms with van der Waals surface area (Å²) in [6.45, 7) is 11.7. The first-order valence-electron chi connectivity index (χ1n) is 11.6. The highest BCUT2D eigenvalue weighted by Gasteiger charge is 2.33. The lowest BCUT2D eigenvalue weighted by Gasteiger charge is -2.36. The van der Waals surface area contributed by atoms with Gasteiger partial charge in [-0.15, -0.1) is 0 Å². The minimum absolute atomic E-state index is 0.123. The fraction of sp³-hybridized carbons (Fsp3) is 0.519. The number of esters is 1. The molecule has 2 aromatic carbocycles. The van der Waals surface area contributed by atoms with Crippen molar-refractivity contribution in [2.24, 2.45) is 23.7 Å². The standard InChI is InChI=1S/C27H30N2O2/c1-17-8-10-19(11-9-17)20-12-14-21(15-13-20)27(30)31-26-23-7-5-4-6-22(23)18(2)25(29-3)24(26)16-28/h4-7,17,19-21H,8-15H2,1-2H3. The molecule has 0 spiro atoms. The minimum atomic E-state index is -0.253. The Hall–Kier alpha value is -2.85. The van der Waals surface area contributed by atoms with Gasteiger partial charge < -0.3 is 4.74 Å². The van der Waals surface area contributed by atoms with Crippen LogP contribution in [-0.4, -0.2) is 5.97 Å². The molecule has 0 unspecified atom stereocenters. The van der Waals surface area contributed by atoms with E-state index in [4.69, 9.17) is 11.3 Å². The lowest BCUT2D eigenvalue weighted by atomic mass is 9.69. The van der Waals surface area contributed by atoms with Crippen LogP contribution in [0.2, 0.25) is 0 Å². The third-order valence-electron chi connectivity index (χ3n) is 7.65. The van der Waals surface area contributed by atoms with Gasteiger partial charge >= 0.3 is 5.97 Å². The van der Waals surface area contributed by atoms with E-state index in [2.05, 4.69) is 17.8 Å². The number of nitrogens with zero attached hydrogens (tertiary/aromatic N) is 2. The minimum Gasteiger partial charge on any atom is -0.426 e. The molecular weight excluding hydrogens is 384 g/mol. The van der Waals surface area contributed by atoms with E-state index in [0.29, 0.717) is 0 Å². The average molecular weight is 415 g/mol. The lowest BCUT2D eigenvalue weighted by Crippen LogP contribution is -2.30. The van der Waals surface area contributed by atoms with Crippen LogP contribution in [0.4, 0.5) is 5.69 Å². The monoisotopic (exact) mass is 414 g/mol. The average Bonchev–Trinajstić information content (AvgIpc) is 2.81. The molecular formula is C27H30N2O2. The molecule has 2 aliphatic rings. The molecule has 2 aromatic rings. The van der Waals surface area contributed by atoms with Gasteiger partial charge in [-0.25, -0.2) is 4.85 Å². The van der Waals surface area contributed by atoms with Crippen LogP contribution in [0.15, 0.2) is 24.3 Å². The van der Waals surface area contributed by atoms with Crippen molar-refractivity contribution in [2.45, 2.75) is 65.2 Å². The summed E-state index contributed by atoms with van der Waals surface area (Å²) in [4.78, 5) is 16.7. The fourth-order valence-corrected chi connectivity index (χ4v) is 5.68. The number of hydrogen-bond acceptors (Lipinski definition) is 3. The quantitative estimate of drug-likeness (QED) is 0.305. The van der Waals surface area contributed by atoms with Gasteiger partial charge in [-0.3, -0.25) is 4.79 Å². The molecule has 160 valence electrons. The molecule has 0 aromatic heterocycles. The van der Waals surface area contributed by atoms with Crippen LogP contribution in [0.3, 0.4) is 0 Å². The molecule has 2 saturated carbocycles. The Labute approximate surface area is 185 Å². The molecule has 0 saturated heterocycles. The first-order valence-corrected chi connectivity index (χ1v) is 11.6. The van der Waals surface area contributed by atoms with Gasteiger partial charge in [0.25, 0.3) is 0 Å². The Kier molecular flexibility index (Phi) is 6.28. The summed E-state index contributed by atoms with van der Waals surface area (Å²) in [5.74, 6) is 2.30. The summed E-state index contributed by atoms with van der Waals surface area (Å²) in [7, 11) is 0. The molecule has 0 atom stereocenters. The van der Waals surface area contributed by atoms with E-state index in [-0.39, 0.29) is 28.9 Å². The summed E-state index contributed by atoms with van der Waals surface area (Å²) in [5.41, 5.74) is 1.20. The number of hydrogen-bond donors (Lipinski definition) is 0. The van der Waals surface area contributed by atoms with E-state index in [0.717, 1.165) is 59.8 Å². The first kappa shape index (κ1) is 21.4. The predicted molar refractivity (Wildman–Crippen MR) is 122 cm³/mol. The Morgan fingerprint density at radius 1 is 1.03 bits per heavy atom. The number of carbonyl (C=O) groups excluding carboxylic acids is 1. The van der Waals surface area contributed by atoms with Crippen molar-refractivity contribution in [3.8, 4) is 11.8 Å². The zero-order valence-corrected chi connectivity index (χ0v) is 18.5. The molecule has 0 amide bonds. The van der Waals surface area contributed by atoms with Gasteiger partial charge in [0.15, 0.2) is 0 Å². The van der Waals surface area contributed by atoms with E-state index < -0.39 is 0 Å². The first-order chi connectivity index (χ1) is 15.0. The summed E-state index contributed by atoms with van der Waals surface area (Å²) >= 11 is 0. The molecule has 2 fully saturated rings. The number of nitriles is 1. The zero-order valence-electron chi connectivity index (χ0n) is 18.5. The Bertz CT molecular complexity index is 1060. The van der Waals surface area contributed by atoms with Crippen molar-refractivity contribution >= 4 is 22.4 Å².